The molecule has 0 saturated carbocycles. The maximum absolute atomic E-state index is 13.3. The van der Waals surface area contributed by atoms with Gasteiger partial charge in [0.15, 0.2) is 0 Å². The van der Waals surface area contributed by atoms with Crippen molar-refractivity contribution in [1.29, 1.82) is 0 Å². The van der Waals surface area contributed by atoms with E-state index in [9.17, 15) is 14.4 Å². The fourth-order valence-electron chi connectivity index (χ4n) is 4.18. The van der Waals surface area contributed by atoms with Crippen LogP contribution < -0.4 is 10.6 Å². The van der Waals surface area contributed by atoms with Gasteiger partial charge in [-0.1, -0.05) is 60.7 Å². The number of ether oxygens (including phenoxy) is 1. The Kier molecular flexibility index (Phi) is 7.38. The molecule has 2 amide bonds. The lowest BCUT2D eigenvalue weighted by Gasteiger charge is -2.24. The number of carbonyl (C=O) groups is 2. The van der Waals surface area contributed by atoms with E-state index in [4.69, 9.17) is 4.74 Å². The van der Waals surface area contributed by atoms with Gasteiger partial charge in [0.05, 0.1) is 6.04 Å². The van der Waals surface area contributed by atoms with Gasteiger partial charge >= 0.3 is 6.09 Å². The molecule has 185 valence electrons. The van der Waals surface area contributed by atoms with Crippen molar-refractivity contribution >= 4 is 40.0 Å². The Morgan fingerprint density at radius 2 is 1.67 bits per heavy atom. The molecule has 7 nitrogen and oxygen atoms in total. The third-order valence-electron chi connectivity index (χ3n) is 5.82. The van der Waals surface area contributed by atoms with E-state index in [1.165, 1.54) is 0 Å². The fraction of sp³-hybridized carbons (Fsp3) is 0.276. The van der Waals surface area contributed by atoms with Crippen molar-refractivity contribution in [3.63, 3.8) is 0 Å². The first-order chi connectivity index (χ1) is 17.2. The van der Waals surface area contributed by atoms with Crippen molar-refractivity contribution in [2.45, 2.75) is 51.3 Å². The highest BCUT2D eigenvalue weighted by Gasteiger charge is 2.27. The summed E-state index contributed by atoms with van der Waals surface area (Å²) in [5.41, 5.74) is 1.97. The molecule has 2 atom stereocenters. The zero-order valence-corrected chi connectivity index (χ0v) is 20.6. The van der Waals surface area contributed by atoms with Gasteiger partial charge in [0, 0.05) is 29.9 Å². The summed E-state index contributed by atoms with van der Waals surface area (Å²) in [6, 6.07) is 19.7. The highest BCUT2D eigenvalue weighted by molar-refractivity contribution is 5.90. The number of amides is 2. The number of carbonyl (C=O) groups excluding carboxylic acids is 3. The SMILES string of the molecule is CC(C)(C)OC(=O)N[C@@H](Cc1c[nH]c2ccccc12)C(=O)N[C@H]([C]=O)Cc1ccc2ccccc2c1. The zero-order chi connectivity index (χ0) is 25.7. The first kappa shape index (κ1) is 25.0. The average Bonchev–Trinajstić information content (AvgIpc) is 3.24. The van der Waals surface area contributed by atoms with Crippen molar-refractivity contribution < 1.29 is 19.1 Å². The van der Waals surface area contributed by atoms with Crippen LogP contribution in [-0.2, 0) is 27.2 Å². The third-order valence-corrected chi connectivity index (χ3v) is 5.82. The maximum atomic E-state index is 13.3. The molecule has 0 fully saturated rings. The molecule has 0 spiro atoms. The second kappa shape index (κ2) is 10.6. The fourth-order valence-corrected chi connectivity index (χ4v) is 4.18. The summed E-state index contributed by atoms with van der Waals surface area (Å²) < 4.78 is 5.38. The van der Waals surface area contributed by atoms with Crippen LogP contribution in [-0.4, -0.2) is 41.0 Å². The number of benzene rings is 3. The molecule has 4 aromatic rings. The number of nitrogens with one attached hydrogen (secondary N) is 3. The number of rotatable bonds is 8. The average molecular weight is 485 g/mol. The van der Waals surface area contributed by atoms with Crippen molar-refractivity contribution in [2.24, 2.45) is 0 Å². The summed E-state index contributed by atoms with van der Waals surface area (Å²) in [6.07, 6.45) is 3.55. The highest BCUT2D eigenvalue weighted by Crippen LogP contribution is 2.20. The summed E-state index contributed by atoms with van der Waals surface area (Å²) in [4.78, 5) is 40.8. The quantitative estimate of drug-likeness (QED) is 0.340. The van der Waals surface area contributed by atoms with Crippen LogP contribution in [0, 0.1) is 0 Å². The standard InChI is InChI=1S/C29H30N3O4/c1-29(2,3)36-28(35)32-26(16-22-17-30-25-11-7-6-10-24(22)25)27(34)31-23(18-33)15-19-12-13-20-8-4-5-9-21(20)14-19/h4-14,17,23,26,30H,15-16H2,1-3H3,(H,31,34)(H,32,35)/t23-,26-/m0/s1. The van der Waals surface area contributed by atoms with Gasteiger partial charge in [-0.15, -0.1) is 0 Å². The molecule has 7 heteroatoms. The van der Waals surface area contributed by atoms with E-state index in [0.29, 0.717) is 0 Å². The lowest BCUT2D eigenvalue weighted by molar-refractivity contribution is -0.123. The van der Waals surface area contributed by atoms with Crippen LogP contribution in [0.25, 0.3) is 21.7 Å². The largest absolute Gasteiger partial charge is 0.444 e. The van der Waals surface area contributed by atoms with Gasteiger partial charge in [0.25, 0.3) is 0 Å². The van der Waals surface area contributed by atoms with Gasteiger partial charge in [-0.2, -0.15) is 0 Å². The lowest BCUT2D eigenvalue weighted by atomic mass is 10.0. The van der Waals surface area contributed by atoms with E-state index in [-0.39, 0.29) is 12.8 Å². The Hall–Kier alpha value is -4.13. The molecule has 0 saturated heterocycles. The first-order valence-electron chi connectivity index (χ1n) is 11.9. The van der Waals surface area contributed by atoms with Gasteiger partial charge in [-0.05, 0) is 48.7 Å². The van der Waals surface area contributed by atoms with Gasteiger partial charge < -0.3 is 20.4 Å². The van der Waals surface area contributed by atoms with Crippen LogP contribution in [0.5, 0.6) is 0 Å². The molecule has 0 aliphatic carbocycles. The molecule has 36 heavy (non-hydrogen) atoms. The summed E-state index contributed by atoms with van der Waals surface area (Å²) in [5.74, 6) is -0.486. The van der Waals surface area contributed by atoms with E-state index >= 15 is 0 Å². The van der Waals surface area contributed by atoms with Crippen LogP contribution in [0.4, 0.5) is 4.79 Å². The number of hydrogen-bond donors (Lipinski definition) is 3. The number of hydrogen-bond acceptors (Lipinski definition) is 4. The molecular formula is C29H30N3O4. The van der Waals surface area contributed by atoms with E-state index in [2.05, 4.69) is 15.6 Å². The summed E-state index contributed by atoms with van der Waals surface area (Å²) in [5, 5.41) is 8.53. The second-order valence-electron chi connectivity index (χ2n) is 9.83. The minimum atomic E-state index is -0.952. The Morgan fingerprint density at radius 1 is 0.944 bits per heavy atom. The van der Waals surface area contributed by atoms with Crippen LogP contribution in [0.1, 0.15) is 31.9 Å². The van der Waals surface area contributed by atoms with Crippen molar-refractivity contribution in [3.8, 4) is 0 Å². The van der Waals surface area contributed by atoms with Crippen LogP contribution >= 0.6 is 0 Å². The molecular weight excluding hydrogens is 454 g/mol. The molecule has 0 unspecified atom stereocenters. The Labute approximate surface area is 210 Å². The van der Waals surface area contributed by atoms with Gasteiger partial charge in [-0.25, -0.2) is 4.79 Å². The van der Waals surface area contributed by atoms with Crippen LogP contribution in [0.3, 0.4) is 0 Å². The normalized spacial score (nSPS) is 13.2. The smallest absolute Gasteiger partial charge is 0.408 e. The van der Waals surface area contributed by atoms with E-state index in [1.807, 2.05) is 79.2 Å². The number of fused-ring (bicyclic) bond motifs is 2. The van der Waals surface area contributed by atoms with Crippen molar-refractivity contribution in [2.75, 3.05) is 0 Å². The lowest BCUT2D eigenvalue weighted by Crippen LogP contribution is -2.52. The van der Waals surface area contributed by atoms with Crippen LogP contribution in [0.2, 0.25) is 0 Å². The molecule has 3 aromatic carbocycles. The number of H-pyrrole nitrogens is 1. The van der Waals surface area contributed by atoms with E-state index < -0.39 is 29.7 Å². The predicted octanol–water partition coefficient (Wildman–Crippen LogP) is 4.59. The molecule has 0 aliphatic rings. The minimum Gasteiger partial charge on any atom is -0.444 e. The van der Waals surface area contributed by atoms with Crippen LogP contribution in [0.15, 0.2) is 72.9 Å². The molecule has 1 radical (unpaired) electrons. The predicted molar refractivity (Wildman–Crippen MR) is 140 cm³/mol. The van der Waals surface area contributed by atoms with E-state index in [1.54, 1.807) is 20.8 Å². The Balaban J connectivity index is 1.51. The van der Waals surface area contributed by atoms with Gasteiger partial charge in [0.2, 0.25) is 12.2 Å². The van der Waals surface area contributed by atoms with E-state index in [0.717, 1.165) is 32.8 Å². The number of alkyl carbamates (subject to hydrolysis) is 1. The van der Waals surface area contributed by atoms with Gasteiger partial charge in [-0.3, -0.25) is 9.59 Å². The summed E-state index contributed by atoms with van der Waals surface area (Å²) >= 11 is 0. The molecule has 3 N–H and O–H groups in total. The summed E-state index contributed by atoms with van der Waals surface area (Å²) in [6.45, 7) is 5.26. The molecule has 1 heterocycles. The summed E-state index contributed by atoms with van der Waals surface area (Å²) in [7, 11) is 0. The zero-order valence-electron chi connectivity index (χ0n) is 20.6. The minimum absolute atomic E-state index is 0.219. The van der Waals surface area contributed by atoms with Crippen molar-refractivity contribution in [3.05, 3.63) is 84.1 Å². The molecule has 0 aliphatic heterocycles. The number of aromatic nitrogens is 1. The first-order valence-corrected chi connectivity index (χ1v) is 11.9. The highest BCUT2D eigenvalue weighted by atomic mass is 16.6. The second-order valence-corrected chi connectivity index (χ2v) is 9.83. The monoisotopic (exact) mass is 484 g/mol. The Morgan fingerprint density at radius 3 is 2.42 bits per heavy atom. The number of para-hydroxylation sites is 1. The molecule has 4 rings (SSSR count). The Bertz CT molecular complexity index is 1390. The van der Waals surface area contributed by atoms with Gasteiger partial charge in [0.1, 0.15) is 11.6 Å². The number of aromatic amines is 1. The topological polar surface area (TPSA) is 100 Å². The van der Waals surface area contributed by atoms with Crippen molar-refractivity contribution in [1.82, 2.24) is 15.6 Å². The molecule has 0 bridgehead atoms. The maximum Gasteiger partial charge on any atom is 0.408 e. The molecule has 1 aromatic heterocycles. The third kappa shape index (κ3) is 6.30.